The maximum Gasteiger partial charge on any atom is 0.405 e. The molecule has 0 aromatic heterocycles. The number of sulfonamides is 1. The van der Waals surface area contributed by atoms with Crippen molar-refractivity contribution in [1.29, 1.82) is 0 Å². The summed E-state index contributed by atoms with van der Waals surface area (Å²) in [6, 6.07) is 3.11. The summed E-state index contributed by atoms with van der Waals surface area (Å²) in [5.41, 5.74) is 0.254. The van der Waals surface area contributed by atoms with Gasteiger partial charge in [-0.3, -0.25) is 4.79 Å². The number of benzene rings is 1. The molecule has 0 heterocycles. The first kappa shape index (κ1) is 18.4. The summed E-state index contributed by atoms with van der Waals surface area (Å²) < 4.78 is 74.0. The van der Waals surface area contributed by atoms with Gasteiger partial charge in [0.2, 0.25) is 15.9 Å². The van der Waals surface area contributed by atoms with Crippen LogP contribution in [0.4, 0.5) is 17.6 Å². The summed E-state index contributed by atoms with van der Waals surface area (Å²) in [6.07, 6.45) is -4.59. The molecule has 1 aromatic rings. The lowest BCUT2D eigenvalue weighted by Gasteiger charge is -2.18. The second-order valence-corrected chi connectivity index (χ2v) is 6.58. The Morgan fingerprint density at radius 1 is 1.32 bits per heavy atom. The molecule has 22 heavy (non-hydrogen) atoms. The van der Waals surface area contributed by atoms with Crippen molar-refractivity contribution < 1.29 is 30.8 Å². The van der Waals surface area contributed by atoms with Gasteiger partial charge in [-0.15, -0.1) is 0 Å². The van der Waals surface area contributed by atoms with Crippen LogP contribution in [0.1, 0.15) is 5.56 Å². The number of aryl methyl sites for hydroxylation is 1. The molecule has 1 N–H and O–H groups in total. The Hall–Kier alpha value is -1.68. The van der Waals surface area contributed by atoms with Crippen LogP contribution in [0.15, 0.2) is 23.1 Å². The highest BCUT2D eigenvalue weighted by Crippen LogP contribution is 2.20. The van der Waals surface area contributed by atoms with Crippen molar-refractivity contribution in [2.24, 2.45) is 0 Å². The van der Waals surface area contributed by atoms with E-state index in [1.54, 1.807) is 5.32 Å². The number of nitrogens with one attached hydrogen (secondary N) is 1. The van der Waals surface area contributed by atoms with Crippen molar-refractivity contribution in [3.05, 3.63) is 29.6 Å². The van der Waals surface area contributed by atoms with Crippen LogP contribution in [0.3, 0.4) is 0 Å². The Morgan fingerprint density at radius 2 is 1.91 bits per heavy atom. The largest absolute Gasteiger partial charge is 0.405 e. The quantitative estimate of drug-likeness (QED) is 0.824. The predicted molar refractivity (Wildman–Crippen MR) is 70.0 cm³/mol. The fourth-order valence-electron chi connectivity index (χ4n) is 1.56. The summed E-state index contributed by atoms with van der Waals surface area (Å²) >= 11 is 0. The number of alkyl halides is 3. The molecule has 0 fully saturated rings. The van der Waals surface area contributed by atoms with Gasteiger partial charge < -0.3 is 5.32 Å². The van der Waals surface area contributed by atoms with Gasteiger partial charge in [0.05, 0.1) is 11.4 Å². The molecule has 1 rings (SSSR count). The van der Waals surface area contributed by atoms with E-state index >= 15 is 0 Å². The zero-order chi connectivity index (χ0) is 17.1. The molecule has 0 aliphatic rings. The standard InChI is InChI=1S/C12H14F4N2O3S/c1-8-3-4-9(13)5-10(8)22(20,21)18(2)6-11(19)17-7-12(14,15)16/h3-5H,6-7H2,1-2H3,(H,17,19). The number of likely N-dealkylation sites (N-methyl/N-ethyl adjacent to an activating group) is 1. The van der Waals surface area contributed by atoms with E-state index < -0.39 is 41.0 Å². The van der Waals surface area contributed by atoms with Gasteiger partial charge in [0.15, 0.2) is 0 Å². The van der Waals surface area contributed by atoms with Crippen molar-refractivity contribution in [3.63, 3.8) is 0 Å². The summed E-state index contributed by atoms with van der Waals surface area (Å²) in [5, 5.41) is 1.56. The van der Waals surface area contributed by atoms with Gasteiger partial charge in [0.25, 0.3) is 0 Å². The summed E-state index contributed by atoms with van der Waals surface area (Å²) in [4.78, 5) is 11.0. The Labute approximate surface area is 125 Å². The first-order valence-electron chi connectivity index (χ1n) is 5.99. The van der Waals surface area contributed by atoms with E-state index in [2.05, 4.69) is 0 Å². The average molecular weight is 342 g/mol. The molecule has 0 saturated heterocycles. The van der Waals surface area contributed by atoms with E-state index in [4.69, 9.17) is 0 Å². The lowest BCUT2D eigenvalue weighted by Crippen LogP contribution is -2.41. The maximum atomic E-state index is 13.2. The fraction of sp³-hybridized carbons (Fsp3) is 0.417. The molecule has 0 saturated carbocycles. The van der Waals surface area contributed by atoms with Crippen LogP contribution in [-0.2, 0) is 14.8 Å². The van der Waals surface area contributed by atoms with Crippen molar-refractivity contribution in [2.45, 2.75) is 18.0 Å². The third-order valence-corrected chi connectivity index (χ3v) is 4.64. The Morgan fingerprint density at radius 3 is 2.45 bits per heavy atom. The second kappa shape index (κ2) is 6.61. The zero-order valence-corrected chi connectivity index (χ0v) is 12.6. The lowest BCUT2D eigenvalue weighted by atomic mass is 10.2. The van der Waals surface area contributed by atoms with Gasteiger partial charge in [0, 0.05) is 7.05 Å². The lowest BCUT2D eigenvalue weighted by molar-refractivity contribution is -0.138. The normalized spacial score (nSPS) is 12.5. The van der Waals surface area contributed by atoms with E-state index in [9.17, 15) is 30.8 Å². The van der Waals surface area contributed by atoms with Gasteiger partial charge in [-0.05, 0) is 24.6 Å². The second-order valence-electron chi connectivity index (χ2n) is 4.56. The average Bonchev–Trinajstić information content (AvgIpc) is 2.38. The topological polar surface area (TPSA) is 66.5 Å². The van der Waals surface area contributed by atoms with Crippen molar-refractivity contribution in [3.8, 4) is 0 Å². The van der Waals surface area contributed by atoms with Gasteiger partial charge in [-0.25, -0.2) is 12.8 Å². The molecule has 10 heteroatoms. The number of hydrogen-bond acceptors (Lipinski definition) is 3. The summed E-state index contributed by atoms with van der Waals surface area (Å²) in [7, 11) is -3.17. The molecule has 1 amide bonds. The van der Waals surface area contributed by atoms with Crippen LogP contribution in [0.25, 0.3) is 0 Å². The fourth-order valence-corrected chi connectivity index (χ4v) is 2.92. The monoisotopic (exact) mass is 342 g/mol. The molecule has 0 radical (unpaired) electrons. The Balaban J connectivity index is 2.85. The highest BCUT2D eigenvalue weighted by molar-refractivity contribution is 7.89. The molecule has 5 nitrogen and oxygen atoms in total. The Bertz CT molecular complexity index is 659. The number of halogens is 4. The molecular weight excluding hydrogens is 328 g/mol. The number of carbonyl (C=O) groups is 1. The van der Waals surface area contributed by atoms with E-state index in [-0.39, 0.29) is 10.5 Å². The number of hydrogen-bond donors (Lipinski definition) is 1. The van der Waals surface area contributed by atoms with Crippen LogP contribution in [0.2, 0.25) is 0 Å². The summed E-state index contributed by atoms with van der Waals surface area (Å²) in [5.74, 6) is -1.89. The van der Waals surface area contributed by atoms with Crippen LogP contribution in [0.5, 0.6) is 0 Å². The van der Waals surface area contributed by atoms with Gasteiger partial charge in [0.1, 0.15) is 12.4 Å². The minimum atomic E-state index is -4.59. The van der Waals surface area contributed by atoms with E-state index in [0.29, 0.717) is 4.31 Å². The first-order valence-corrected chi connectivity index (χ1v) is 7.43. The molecule has 0 aliphatic carbocycles. The van der Waals surface area contributed by atoms with Crippen LogP contribution >= 0.6 is 0 Å². The SMILES string of the molecule is Cc1ccc(F)cc1S(=O)(=O)N(C)CC(=O)NCC(F)(F)F. The minimum Gasteiger partial charge on any atom is -0.346 e. The third kappa shape index (κ3) is 4.95. The number of rotatable bonds is 5. The molecular formula is C12H14F4N2O3S. The number of amides is 1. The molecule has 0 unspecified atom stereocenters. The first-order chi connectivity index (χ1) is 9.93. The summed E-state index contributed by atoms with van der Waals surface area (Å²) in [6.45, 7) is -0.934. The predicted octanol–water partition coefficient (Wildman–Crippen LogP) is 1.43. The molecule has 0 atom stereocenters. The van der Waals surface area contributed by atoms with Gasteiger partial charge in [-0.1, -0.05) is 6.07 Å². The third-order valence-electron chi connectivity index (χ3n) is 2.69. The van der Waals surface area contributed by atoms with Crippen molar-refractivity contribution in [2.75, 3.05) is 20.1 Å². The highest BCUT2D eigenvalue weighted by atomic mass is 32.2. The molecule has 0 spiro atoms. The Kier molecular flexibility index (Phi) is 5.52. The van der Waals surface area contributed by atoms with Crippen molar-refractivity contribution in [1.82, 2.24) is 9.62 Å². The van der Waals surface area contributed by atoms with Gasteiger partial charge in [-0.2, -0.15) is 17.5 Å². The van der Waals surface area contributed by atoms with E-state index in [1.807, 2.05) is 0 Å². The zero-order valence-electron chi connectivity index (χ0n) is 11.7. The van der Waals surface area contributed by atoms with Crippen LogP contribution < -0.4 is 5.32 Å². The van der Waals surface area contributed by atoms with E-state index in [1.165, 1.54) is 13.0 Å². The van der Waals surface area contributed by atoms with Crippen LogP contribution in [-0.4, -0.2) is 44.9 Å². The van der Waals surface area contributed by atoms with E-state index in [0.717, 1.165) is 19.2 Å². The van der Waals surface area contributed by atoms with Gasteiger partial charge >= 0.3 is 6.18 Å². The number of nitrogens with zero attached hydrogens (tertiary/aromatic N) is 1. The van der Waals surface area contributed by atoms with Crippen molar-refractivity contribution >= 4 is 15.9 Å². The molecule has 124 valence electrons. The van der Waals surface area contributed by atoms with Crippen LogP contribution in [0, 0.1) is 12.7 Å². The molecule has 0 bridgehead atoms. The molecule has 1 aromatic carbocycles. The smallest absolute Gasteiger partial charge is 0.346 e. The number of carbonyl (C=O) groups excluding carboxylic acids is 1. The molecule has 0 aliphatic heterocycles. The highest BCUT2D eigenvalue weighted by Gasteiger charge is 2.29. The maximum absolute atomic E-state index is 13.2. The minimum absolute atomic E-state index is 0.254.